The zero-order valence-electron chi connectivity index (χ0n) is 11.3. The molecule has 106 valence electrons. The topological polar surface area (TPSA) is 38.7 Å². The van der Waals surface area contributed by atoms with Crippen molar-refractivity contribution in [3.63, 3.8) is 0 Å². The second kappa shape index (κ2) is 7.03. The Labute approximate surface area is 117 Å². The van der Waals surface area contributed by atoms with Crippen molar-refractivity contribution < 1.29 is 19.0 Å². The first-order valence-corrected chi connectivity index (χ1v) is 6.39. The van der Waals surface area contributed by atoms with Crippen LogP contribution >= 0.6 is 0 Å². The SMILES string of the molecule is CC(O)c1cc(F)ccc1OCOCc1ccccc1. The van der Waals surface area contributed by atoms with Crippen LogP contribution in [0.2, 0.25) is 0 Å². The Morgan fingerprint density at radius 2 is 1.90 bits per heavy atom. The molecule has 2 aromatic rings. The molecule has 0 radical (unpaired) electrons. The van der Waals surface area contributed by atoms with Crippen LogP contribution in [0.25, 0.3) is 0 Å². The van der Waals surface area contributed by atoms with E-state index in [9.17, 15) is 9.50 Å². The number of aliphatic hydroxyl groups excluding tert-OH is 1. The number of benzene rings is 2. The maximum absolute atomic E-state index is 13.1. The van der Waals surface area contributed by atoms with Crippen molar-refractivity contribution in [3.8, 4) is 5.75 Å². The van der Waals surface area contributed by atoms with E-state index < -0.39 is 11.9 Å². The van der Waals surface area contributed by atoms with E-state index in [1.807, 2.05) is 30.3 Å². The summed E-state index contributed by atoms with van der Waals surface area (Å²) in [5.74, 6) is 0.0212. The fraction of sp³-hybridized carbons (Fsp3) is 0.250. The summed E-state index contributed by atoms with van der Waals surface area (Å²) in [7, 11) is 0. The van der Waals surface area contributed by atoms with E-state index in [0.29, 0.717) is 17.9 Å². The van der Waals surface area contributed by atoms with E-state index in [1.54, 1.807) is 6.92 Å². The van der Waals surface area contributed by atoms with Gasteiger partial charge in [-0.05, 0) is 30.7 Å². The Kier molecular flexibility index (Phi) is 5.09. The molecule has 2 rings (SSSR count). The van der Waals surface area contributed by atoms with Crippen LogP contribution in [0.5, 0.6) is 5.75 Å². The first-order valence-electron chi connectivity index (χ1n) is 6.39. The molecule has 20 heavy (non-hydrogen) atoms. The van der Waals surface area contributed by atoms with Crippen molar-refractivity contribution in [3.05, 3.63) is 65.5 Å². The maximum Gasteiger partial charge on any atom is 0.189 e. The Bertz CT molecular complexity index is 541. The van der Waals surface area contributed by atoms with Gasteiger partial charge < -0.3 is 14.6 Å². The largest absolute Gasteiger partial charge is 0.467 e. The fourth-order valence-corrected chi connectivity index (χ4v) is 1.82. The minimum atomic E-state index is -0.796. The van der Waals surface area contributed by atoms with Gasteiger partial charge in [0.1, 0.15) is 11.6 Å². The molecule has 1 N–H and O–H groups in total. The highest BCUT2D eigenvalue weighted by atomic mass is 19.1. The van der Waals surface area contributed by atoms with Crippen molar-refractivity contribution in [1.29, 1.82) is 0 Å². The molecule has 0 saturated heterocycles. The number of ether oxygens (including phenoxy) is 2. The fourth-order valence-electron chi connectivity index (χ4n) is 1.82. The number of hydrogen-bond donors (Lipinski definition) is 1. The Hall–Kier alpha value is -1.91. The van der Waals surface area contributed by atoms with Gasteiger partial charge in [-0.25, -0.2) is 4.39 Å². The standard InChI is InChI=1S/C16H17FO3/c1-12(18)15-9-14(17)7-8-16(15)20-11-19-10-13-5-3-2-4-6-13/h2-9,12,18H,10-11H2,1H3. The smallest absolute Gasteiger partial charge is 0.189 e. The third-order valence-electron chi connectivity index (χ3n) is 2.83. The van der Waals surface area contributed by atoms with Gasteiger partial charge in [-0.3, -0.25) is 0 Å². The third-order valence-corrected chi connectivity index (χ3v) is 2.83. The molecule has 3 nitrogen and oxygen atoms in total. The monoisotopic (exact) mass is 276 g/mol. The van der Waals surface area contributed by atoms with Gasteiger partial charge >= 0.3 is 0 Å². The Balaban J connectivity index is 1.88. The van der Waals surface area contributed by atoms with Gasteiger partial charge in [0.2, 0.25) is 0 Å². The molecule has 0 aromatic heterocycles. The molecule has 0 amide bonds. The molecule has 0 heterocycles. The molecular weight excluding hydrogens is 259 g/mol. The van der Waals surface area contributed by atoms with Crippen LogP contribution in [0.3, 0.4) is 0 Å². The Morgan fingerprint density at radius 3 is 2.60 bits per heavy atom. The average molecular weight is 276 g/mol. The lowest BCUT2D eigenvalue weighted by Crippen LogP contribution is -2.06. The summed E-state index contributed by atoms with van der Waals surface area (Å²) < 4.78 is 23.9. The van der Waals surface area contributed by atoms with Gasteiger partial charge in [0.05, 0.1) is 12.7 Å². The summed E-state index contributed by atoms with van der Waals surface area (Å²) in [5.41, 5.74) is 1.46. The molecule has 1 atom stereocenters. The van der Waals surface area contributed by atoms with E-state index in [2.05, 4.69) is 0 Å². The highest BCUT2D eigenvalue weighted by molar-refractivity contribution is 5.35. The molecule has 0 bridgehead atoms. The van der Waals surface area contributed by atoms with E-state index >= 15 is 0 Å². The molecule has 2 aromatic carbocycles. The lowest BCUT2D eigenvalue weighted by molar-refractivity contribution is 0.00337. The van der Waals surface area contributed by atoms with Crippen molar-refractivity contribution in [2.75, 3.05) is 6.79 Å². The van der Waals surface area contributed by atoms with Gasteiger partial charge in [-0.2, -0.15) is 0 Å². The molecule has 0 saturated carbocycles. The summed E-state index contributed by atoms with van der Waals surface area (Å²) in [5, 5.41) is 9.58. The quantitative estimate of drug-likeness (QED) is 0.649. The summed E-state index contributed by atoms with van der Waals surface area (Å²) in [6.45, 7) is 2.04. The van der Waals surface area contributed by atoms with E-state index in [1.165, 1.54) is 18.2 Å². The van der Waals surface area contributed by atoms with Crippen LogP contribution in [-0.4, -0.2) is 11.9 Å². The third kappa shape index (κ3) is 4.05. The minimum Gasteiger partial charge on any atom is -0.467 e. The van der Waals surface area contributed by atoms with Crippen molar-refractivity contribution in [2.24, 2.45) is 0 Å². The Morgan fingerprint density at radius 1 is 1.15 bits per heavy atom. The normalized spacial score (nSPS) is 12.2. The molecular formula is C16H17FO3. The molecule has 0 aliphatic rings. The molecule has 1 unspecified atom stereocenters. The van der Waals surface area contributed by atoms with Crippen LogP contribution in [-0.2, 0) is 11.3 Å². The zero-order chi connectivity index (χ0) is 14.4. The van der Waals surface area contributed by atoms with Gasteiger partial charge in [0.15, 0.2) is 6.79 Å². The second-order valence-electron chi connectivity index (χ2n) is 4.45. The second-order valence-corrected chi connectivity index (χ2v) is 4.45. The highest BCUT2D eigenvalue weighted by Gasteiger charge is 2.10. The first kappa shape index (κ1) is 14.5. The van der Waals surface area contributed by atoms with Crippen LogP contribution in [0.4, 0.5) is 4.39 Å². The molecule has 0 fully saturated rings. The van der Waals surface area contributed by atoms with E-state index in [0.717, 1.165) is 5.56 Å². The highest BCUT2D eigenvalue weighted by Crippen LogP contribution is 2.25. The summed E-state index contributed by atoms with van der Waals surface area (Å²) in [6, 6.07) is 13.8. The zero-order valence-corrected chi connectivity index (χ0v) is 11.3. The van der Waals surface area contributed by atoms with E-state index in [-0.39, 0.29) is 6.79 Å². The van der Waals surface area contributed by atoms with Crippen molar-refractivity contribution in [1.82, 2.24) is 0 Å². The number of rotatable bonds is 6. The predicted octanol–water partition coefficient (Wildman–Crippen LogP) is 3.43. The van der Waals surface area contributed by atoms with Crippen LogP contribution in [0.15, 0.2) is 48.5 Å². The number of aliphatic hydroxyl groups is 1. The maximum atomic E-state index is 13.1. The first-order chi connectivity index (χ1) is 9.66. The predicted molar refractivity (Wildman–Crippen MR) is 73.8 cm³/mol. The summed E-state index contributed by atoms with van der Waals surface area (Å²) >= 11 is 0. The van der Waals surface area contributed by atoms with E-state index in [4.69, 9.17) is 9.47 Å². The van der Waals surface area contributed by atoms with Gasteiger partial charge in [0, 0.05) is 5.56 Å². The van der Waals surface area contributed by atoms with Gasteiger partial charge in [-0.15, -0.1) is 0 Å². The van der Waals surface area contributed by atoms with Crippen molar-refractivity contribution >= 4 is 0 Å². The molecule has 4 heteroatoms. The number of halogens is 1. The molecule has 0 spiro atoms. The number of hydrogen-bond acceptors (Lipinski definition) is 3. The molecule has 0 aliphatic carbocycles. The van der Waals surface area contributed by atoms with Gasteiger partial charge in [-0.1, -0.05) is 30.3 Å². The summed E-state index contributed by atoms with van der Waals surface area (Å²) in [6.07, 6.45) is -0.796. The average Bonchev–Trinajstić information content (AvgIpc) is 2.45. The van der Waals surface area contributed by atoms with Crippen LogP contribution < -0.4 is 4.74 Å². The van der Waals surface area contributed by atoms with Crippen LogP contribution in [0.1, 0.15) is 24.2 Å². The lowest BCUT2D eigenvalue weighted by atomic mass is 10.1. The van der Waals surface area contributed by atoms with Gasteiger partial charge in [0.25, 0.3) is 0 Å². The molecule has 0 aliphatic heterocycles. The van der Waals surface area contributed by atoms with Crippen molar-refractivity contribution in [2.45, 2.75) is 19.6 Å². The summed E-state index contributed by atoms with van der Waals surface area (Å²) in [4.78, 5) is 0. The van der Waals surface area contributed by atoms with Crippen LogP contribution in [0, 0.1) is 5.82 Å². The lowest BCUT2D eigenvalue weighted by Gasteiger charge is -2.13. The minimum absolute atomic E-state index is 0.0419.